The van der Waals surface area contributed by atoms with Crippen molar-refractivity contribution in [2.75, 3.05) is 13.1 Å². The summed E-state index contributed by atoms with van der Waals surface area (Å²) >= 11 is 6.44. The van der Waals surface area contributed by atoms with E-state index in [0.717, 1.165) is 5.56 Å². The second kappa shape index (κ2) is 7.16. The van der Waals surface area contributed by atoms with E-state index in [1.807, 2.05) is 24.3 Å². The summed E-state index contributed by atoms with van der Waals surface area (Å²) in [6.07, 6.45) is 1.92. The quantitative estimate of drug-likeness (QED) is 0.790. The molecule has 1 aromatic rings. The van der Waals surface area contributed by atoms with Crippen LogP contribution in [0.3, 0.4) is 0 Å². The largest absolute Gasteiger partial charge is 0.308 e. The molecule has 0 bridgehead atoms. The zero-order valence-corrected chi connectivity index (χ0v) is 16.0. The first-order chi connectivity index (χ1) is 12.9. The average molecular weight is 378 g/mol. The molecule has 1 aliphatic heterocycles. The molecule has 0 aromatic heterocycles. The fourth-order valence-electron chi connectivity index (χ4n) is 4.31. The Balaban J connectivity index is 2.24. The highest BCUT2D eigenvalue weighted by Gasteiger charge is 2.57. The topological polar surface area (TPSA) is 98.5 Å². The molecule has 1 saturated carbocycles. The van der Waals surface area contributed by atoms with E-state index in [4.69, 9.17) is 17.0 Å². The third-order valence-electron chi connectivity index (χ3n) is 5.77. The minimum Gasteiger partial charge on any atom is -0.308 e. The average Bonchev–Trinajstić information content (AvgIpc) is 2.67. The van der Waals surface area contributed by atoms with Gasteiger partial charge in [-0.15, -0.1) is 0 Å². The summed E-state index contributed by atoms with van der Waals surface area (Å²) in [5.41, 5.74) is -0.0779. The normalized spacial score (nSPS) is 27.1. The van der Waals surface area contributed by atoms with Crippen molar-refractivity contribution in [2.45, 2.75) is 25.8 Å². The molecular weight excluding hydrogens is 358 g/mol. The Bertz CT molecular complexity index is 913. The van der Waals surface area contributed by atoms with Crippen LogP contribution >= 0.6 is 11.6 Å². The molecule has 0 saturated heterocycles. The molecule has 6 heteroatoms. The molecule has 3 rings (SSSR count). The van der Waals surface area contributed by atoms with Gasteiger partial charge in [0.1, 0.15) is 5.92 Å². The van der Waals surface area contributed by atoms with Crippen LogP contribution in [0.15, 0.2) is 35.9 Å². The van der Waals surface area contributed by atoms with Gasteiger partial charge in [-0.2, -0.15) is 15.8 Å². The highest BCUT2D eigenvalue weighted by atomic mass is 35.5. The van der Waals surface area contributed by atoms with Crippen molar-refractivity contribution in [3.05, 3.63) is 46.5 Å². The van der Waals surface area contributed by atoms with Crippen molar-refractivity contribution in [3.8, 4) is 18.2 Å². The van der Waals surface area contributed by atoms with E-state index < -0.39 is 17.3 Å². The Morgan fingerprint density at radius 1 is 1.22 bits per heavy atom. The van der Waals surface area contributed by atoms with Crippen molar-refractivity contribution in [2.24, 2.45) is 17.3 Å². The van der Waals surface area contributed by atoms with Crippen LogP contribution in [0.5, 0.6) is 0 Å². The first-order valence-electron chi connectivity index (χ1n) is 8.90. The van der Waals surface area contributed by atoms with Crippen LogP contribution < -0.4 is 0 Å². The standard InChI is InChI=1S/C21H20ClN5/c1-13(2)27-8-7-16-15(10-27)19(14-5-3-4-6-18(14)22)20(26)17(9-23)21(16,11-24)12-25/h3-7,13,15,17,19,26H,8,10H2,1-2H3/t15-,17?,19+/m0/s1. The molecule has 2 aliphatic rings. The number of halogens is 1. The van der Waals surface area contributed by atoms with E-state index in [0.29, 0.717) is 23.7 Å². The number of hydrogen-bond donors (Lipinski definition) is 1. The minimum absolute atomic E-state index is 0.0986. The molecule has 1 unspecified atom stereocenters. The summed E-state index contributed by atoms with van der Waals surface area (Å²) in [4.78, 5) is 2.25. The molecule has 1 heterocycles. The van der Waals surface area contributed by atoms with Crippen molar-refractivity contribution in [1.82, 2.24) is 4.90 Å². The van der Waals surface area contributed by atoms with Gasteiger partial charge in [-0.25, -0.2) is 0 Å². The van der Waals surface area contributed by atoms with Crippen LogP contribution in [0, 0.1) is 56.7 Å². The van der Waals surface area contributed by atoms with Crippen molar-refractivity contribution >= 4 is 17.3 Å². The van der Waals surface area contributed by atoms with Gasteiger partial charge in [0, 0.05) is 41.7 Å². The SMILES string of the molecule is CC(C)N1CC=C2[C@H](C1)[C@@H](c1ccccc1Cl)C(=N)C(C#N)C2(C#N)C#N. The van der Waals surface area contributed by atoms with Crippen molar-refractivity contribution < 1.29 is 0 Å². The number of hydrogen-bond acceptors (Lipinski definition) is 5. The lowest BCUT2D eigenvalue weighted by Crippen LogP contribution is -2.53. The molecule has 1 aliphatic carbocycles. The van der Waals surface area contributed by atoms with Crippen LogP contribution in [0.1, 0.15) is 25.3 Å². The molecule has 27 heavy (non-hydrogen) atoms. The van der Waals surface area contributed by atoms with E-state index >= 15 is 0 Å². The molecule has 5 nitrogen and oxygen atoms in total. The number of nitrogens with one attached hydrogen (secondary N) is 1. The molecule has 1 aromatic carbocycles. The van der Waals surface area contributed by atoms with Gasteiger partial charge in [-0.1, -0.05) is 35.9 Å². The van der Waals surface area contributed by atoms with E-state index in [1.54, 1.807) is 6.07 Å². The Kier molecular flexibility index (Phi) is 5.07. The van der Waals surface area contributed by atoms with Crippen LogP contribution in [0.25, 0.3) is 0 Å². The predicted molar refractivity (Wildman–Crippen MR) is 103 cm³/mol. The first-order valence-corrected chi connectivity index (χ1v) is 9.28. The molecule has 1 N–H and O–H groups in total. The summed E-state index contributed by atoms with van der Waals surface area (Å²) in [6.45, 7) is 5.43. The lowest BCUT2D eigenvalue weighted by Gasteiger charge is -2.48. The van der Waals surface area contributed by atoms with Gasteiger partial charge in [0.2, 0.25) is 0 Å². The Morgan fingerprint density at radius 2 is 1.89 bits per heavy atom. The van der Waals surface area contributed by atoms with E-state index in [1.165, 1.54) is 0 Å². The Labute approximate surface area is 164 Å². The number of rotatable bonds is 2. The molecule has 0 amide bonds. The van der Waals surface area contributed by atoms with Crippen LogP contribution in [-0.2, 0) is 0 Å². The van der Waals surface area contributed by atoms with Crippen molar-refractivity contribution in [1.29, 1.82) is 21.2 Å². The summed E-state index contributed by atoms with van der Waals surface area (Å²) in [5, 5.41) is 38.8. The van der Waals surface area contributed by atoms with Gasteiger partial charge >= 0.3 is 0 Å². The number of fused-ring (bicyclic) bond motifs is 1. The fraction of sp³-hybridized carbons (Fsp3) is 0.429. The van der Waals surface area contributed by atoms with Crippen LogP contribution in [0.4, 0.5) is 0 Å². The Hall–Kier alpha value is -2.65. The zero-order chi connectivity index (χ0) is 19.8. The third-order valence-corrected chi connectivity index (χ3v) is 6.11. The van der Waals surface area contributed by atoms with Crippen molar-refractivity contribution in [3.63, 3.8) is 0 Å². The number of benzene rings is 1. The minimum atomic E-state index is -1.61. The van der Waals surface area contributed by atoms with Crippen LogP contribution in [0.2, 0.25) is 5.02 Å². The lowest BCUT2D eigenvalue weighted by molar-refractivity contribution is 0.182. The van der Waals surface area contributed by atoms with Gasteiger partial charge < -0.3 is 5.41 Å². The highest BCUT2D eigenvalue weighted by Crippen LogP contribution is 2.53. The molecule has 1 fully saturated rings. The van der Waals surface area contributed by atoms with Gasteiger partial charge in [0.05, 0.1) is 18.2 Å². The molecule has 0 radical (unpaired) electrons. The summed E-state index contributed by atoms with van der Waals surface area (Å²) in [7, 11) is 0. The molecule has 0 spiro atoms. The van der Waals surface area contributed by atoms with E-state index in [9.17, 15) is 15.8 Å². The maximum Gasteiger partial charge on any atom is 0.186 e. The predicted octanol–water partition coefficient (Wildman–Crippen LogP) is 3.90. The van der Waals surface area contributed by atoms with E-state index in [-0.39, 0.29) is 17.7 Å². The molecule has 3 atom stereocenters. The summed E-state index contributed by atoms with van der Waals surface area (Å²) < 4.78 is 0. The lowest BCUT2D eigenvalue weighted by atomic mass is 9.55. The number of nitriles is 3. The second-order valence-corrected chi connectivity index (χ2v) is 7.77. The van der Waals surface area contributed by atoms with Gasteiger partial charge in [0.25, 0.3) is 0 Å². The maximum absolute atomic E-state index is 9.89. The van der Waals surface area contributed by atoms with Gasteiger partial charge in [-0.3, -0.25) is 4.90 Å². The monoisotopic (exact) mass is 377 g/mol. The maximum atomic E-state index is 9.89. The summed E-state index contributed by atoms with van der Waals surface area (Å²) in [5.74, 6) is -1.77. The summed E-state index contributed by atoms with van der Waals surface area (Å²) in [6, 6.07) is 13.8. The van der Waals surface area contributed by atoms with Crippen LogP contribution in [-0.4, -0.2) is 29.7 Å². The third kappa shape index (κ3) is 2.83. The number of nitrogens with zero attached hydrogens (tertiary/aromatic N) is 4. The van der Waals surface area contributed by atoms with Gasteiger partial charge in [-0.05, 0) is 31.1 Å². The van der Waals surface area contributed by atoms with Gasteiger partial charge in [0.15, 0.2) is 5.41 Å². The van der Waals surface area contributed by atoms with E-state index in [2.05, 4.69) is 37.0 Å². The highest BCUT2D eigenvalue weighted by molar-refractivity contribution is 6.31. The molecular formula is C21H20ClN5. The second-order valence-electron chi connectivity index (χ2n) is 7.36. The zero-order valence-electron chi connectivity index (χ0n) is 15.3. The fourth-order valence-corrected chi connectivity index (χ4v) is 4.56. The first kappa shape index (κ1) is 19.1. The smallest absolute Gasteiger partial charge is 0.186 e. The Morgan fingerprint density at radius 3 is 2.44 bits per heavy atom. The molecule has 136 valence electrons.